The van der Waals surface area contributed by atoms with Crippen LogP contribution in [0.15, 0.2) is 58.2 Å². The molecule has 0 spiro atoms. The molecule has 2 unspecified atom stereocenters. The molecule has 0 aliphatic carbocycles. The number of aryl methyl sites for hydroxylation is 1. The zero-order valence-corrected chi connectivity index (χ0v) is 19.0. The lowest BCUT2D eigenvalue weighted by molar-refractivity contribution is -0.187. The summed E-state index contributed by atoms with van der Waals surface area (Å²) in [6.07, 6.45) is 3.33. The molecule has 6 heteroatoms. The lowest BCUT2D eigenvalue weighted by Gasteiger charge is -2.31. The lowest BCUT2D eigenvalue weighted by atomic mass is 9.85. The lowest BCUT2D eigenvalue weighted by Crippen LogP contribution is -2.46. The van der Waals surface area contributed by atoms with Crippen molar-refractivity contribution < 1.29 is 19.5 Å². The van der Waals surface area contributed by atoms with Gasteiger partial charge in [-0.2, -0.15) is 0 Å². The SMILES string of the molecule is CCCCCC1=NOC(C(=O)O)(C(OCc2ccc(C)cc2)c2ccc(Br)cc2)C1. The number of rotatable bonds is 10. The summed E-state index contributed by atoms with van der Waals surface area (Å²) in [7, 11) is 0. The number of carboxylic acid groups (broad SMARTS) is 1. The van der Waals surface area contributed by atoms with Crippen molar-refractivity contribution in [3.8, 4) is 0 Å². The second-order valence-corrected chi connectivity index (χ2v) is 8.72. The van der Waals surface area contributed by atoms with Crippen LogP contribution in [0.1, 0.15) is 61.8 Å². The second kappa shape index (κ2) is 10.2. The summed E-state index contributed by atoms with van der Waals surface area (Å²) in [6, 6.07) is 15.5. The predicted molar refractivity (Wildman–Crippen MR) is 120 cm³/mol. The first-order chi connectivity index (χ1) is 14.4. The molecule has 0 saturated heterocycles. The van der Waals surface area contributed by atoms with E-state index in [0.29, 0.717) is 0 Å². The van der Waals surface area contributed by atoms with Crippen molar-refractivity contribution in [2.75, 3.05) is 0 Å². The van der Waals surface area contributed by atoms with Crippen molar-refractivity contribution >= 4 is 27.6 Å². The topological polar surface area (TPSA) is 68.1 Å². The van der Waals surface area contributed by atoms with Gasteiger partial charge in [0.1, 0.15) is 6.10 Å². The van der Waals surface area contributed by atoms with E-state index in [1.807, 2.05) is 55.5 Å². The highest BCUT2D eigenvalue weighted by molar-refractivity contribution is 9.10. The van der Waals surface area contributed by atoms with Gasteiger partial charge < -0.3 is 14.7 Å². The maximum Gasteiger partial charge on any atom is 0.354 e. The smallest absolute Gasteiger partial charge is 0.354 e. The Bertz CT molecular complexity index is 879. The molecule has 0 saturated carbocycles. The van der Waals surface area contributed by atoms with E-state index in [1.54, 1.807) is 0 Å². The first kappa shape index (κ1) is 22.5. The molecule has 1 aliphatic heterocycles. The fourth-order valence-electron chi connectivity index (χ4n) is 3.60. The van der Waals surface area contributed by atoms with E-state index in [2.05, 4.69) is 28.0 Å². The van der Waals surface area contributed by atoms with E-state index in [1.165, 1.54) is 0 Å². The monoisotopic (exact) mass is 473 g/mol. The number of carboxylic acids is 1. The van der Waals surface area contributed by atoms with E-state index >= 15 is 0 Å². The standard InChI is InChI=1S/C24H28BrNO4/c1-3-4-5-6-21-15-24(23(27)28,30-26-21)22(19-11-13-20(25)14-12-19)29-16-18-9-7-17(2)8-10-18/h7-14,22H,3-6,15-16H2,1-2H3,(H,27,28). The number of aliphatic carboxylic acids is 1. The quantitative estimate of drug-likeness (QED) is 0.417. The third kappa shape index (κ3) is 5.29. The van der Waals surface area contributed by atoms with E-state index < -0.39 is 17.7 Å². The highest BCUT2D eigenvalue weighted by Crippen LogP contribution is 2.41. The first-order valence-electron chi connectivity index (χ1n) is 10.3. The number of ether oxygens (including phenoxy) is 1. The largest absolute Gasteiger partial charge is 0.478 e. The van der Waals surface area contributed by atoms with Crippen LogP contribution in [0.3, 0.4) is 0 Å². The Kier molecular flexibility index (Phi) is 7.67. The van der Waals surface area contributed by atoms with Gasteiger partial charge in [0.2, 0.25) is 0 Å². The Morgan fingerprint density at radius 3 is 2.53 bits per heavy atom. The number of oxime groups is 1. The van der Waals surface area contributed by atoms with E-state index in [9.17, 15) is 9.90 Å². The zero-order valence-electron chi connectivity index (χ0n) is 17.4. The molecule has 0 bridgehead atoms. The first-order valence-corrected chi connectivity index (χ1v) is 11.1. The van der Waals surface area contributed by atoms with Crippen LogP contribution in [-0.4, -0.2) is 22.4 Å². The van der Waals surface area contributed by atoms with Crippen molar-refractivity contribution in [2.45, 2.75) is 64.3 Å². The van der Waals surface area contributed by atoms with Crippen LogP contribution < -0.4 is 0 Å². The fourth-order valence-corrected chi connectivity index (χ4v) is 3.86. The van der Waals surface area contributed by atoms with Gasteiger partial charge in [0.25, 0.3) is 5.60 Å². The third-order valence-corrected chi connectivity index (χ3v) is 5.90. The molecule has 3 rings (SSSR count). The van der Waals surface area contributed by atoms with Gasteiger partial charge in [-0.3, -0.25) is 0 Å². The van der Waals surface area contributed by atoms with Gasteiger partial charge in [-0.1, -0.05) is 82.8 Å². The summed E-state index contributed by atoms with van der Waals surface area (Å²) < 4.78 is 7.14. The maximum atomic E-state index is 12.4. The van der Waals surface area contributed by atoms with Crippen LogP contribution in [0.2, 0.25) is 0 Å². The van der Waals surface area contributed by atoms with Crippen molar-refractivity contribution in [1.82, 2.24) is 0 Å². The molecule has 160 valence electrons. The van der Waals surface area contributed by atoms with Crippen molar-refractivity contribution in [2.24, 2.45) is 5.16 Å². The minimum atomic E-state index is -1.57. The minimum Gasteiger partial charge on any atom is -0.478 e. The van der Waals surface area contributed by atoms with Gasteiger partial charge in [-0.25, -0.2) is 4.79 Å². The van der Waals surface area contributed by atoms with Gasteiger partial charge in [0, 0.05) is 10.9 Å². The normalized spacial score (nSPS) is 19.2. The van der Waals surface area contributed by atoms with Gasteiger partial charge >= 0.3 is 5.97 Å². The number of benzene rings is 2. The van der Waals surface area contributed by atoms with E-state index in [0.717, 1.165) is 52.6 Å². The second-order valence-electron chi connectivity index (χ2n) is 7.81. The van der Waals surface area contributed by atoms with Gasteiger partial charge in [-0.15, -0.1) is 0 Å². The summed E-state index contributed by atoms with van der Waals surface area (Å²) >= 11 is 3.44. The van der Waals surface area contributed by atoms with Crippen molar-refractivity contribution in [3.63, 3.8) is 0 Å². The summed E-state index contributed by atoms with van der Waals surface area (Å²) in [5, 5.41) is 14.3. The highest BCUT2D eigenvalue weighted by Gasteiger charge is 2.54. The van der Waals surface area contributed by atoms with Gasteiger partial charge in [0.05, 0.1) is 12.3 Å². The van der Waals surface area contributed by atoms with Crippen LogP contribution in [-0.2, 0) is 21.0 Å². The van der Waals surface area contributed by atoms with Crippen LogP contribution in [0.5, 0.6) is 0 Å². The van der Waals surface area contributed by atoms with Crippen LogP contribution >= 0.6 is 15.9 Å². The Balaban J connectivity index is 1.86. The van der Waals surface area contributed by atoms with Gasteiger partial charge in [0.15, 0.2) is 0 Å². The van der Waals surface area contributed by atoms with E-state index in [-0.39, 0.29) is 13.0 Å². The number of hydrogen-bond acceptors (Lipinski definition) is 4. The average molecular weight is 474 g/mol. The Morgan fingerprint density at radius 2 is 1.90 bits per heavy atom. The summed E-state index contributed by atoms with van der Waals surface area (Å²) in [5.41, 5.74) is 2.10. The number of unbranched alkanes of at least 4 members (excludes halogenated alkanes) is 2. The van der Waals surface area contributed by atoms with E-state index in [4.69, 9.17) is 9.57 Å². The highest BCUT2D eigenvalue weighted by atomic mass is 79.9. The van der Waals surface area contributed by atoms with Crippen LogP contribution in [0.4, 0.5) is 0 Å². The number of halogens is 1. The Labute approximate surface area is 186 Å². The number of nitrogens with zero attached hydrogens (tertiary/aromatic N) is 1. The van der Waals surface area contributed by atoms with Crippen LogP contribution in [0.25, 0.3) is 0 Å². The molecule has 0 aromatic heterocycles. The summed E-state index contributed by atoms with van der Waals surface area (Å²) in [6.45, 7) is 4.44. The molecule has 2 aromatic rings. The molecule has 2 atom stereocenters. The molecule has 1 N–H and O–H groups in total. The molecule has 2 aromatic carbocycles. The van der Waals surface area contributed by atoms with Gasteiger partial charge in [-0.05, 0) is 43.0 Å². The molecule has 1 heterocycles. The third-order valence-electron chi connectivity index (χ3n) is 5.37. The summed E-state index contributed by atoms with van der Waals surface area (Å²) in [4.78, 5) is 18.1. The minimum absolute atomic E-state index is 0.223. The predicted octanol–water partition coefficient (Wildman–Crippen LogP) is 6.20. The molecule has 0 fully saturated rings. The number of hydrogen-bond donors (Lipinski definition) is 1. The molecule has 30 heavy (non-hydrogen) atoms. The molecule has 1 aliphatic rings. The zero-order chi connectivity index (χ0) is 21.6. The summed E-state index contributed by atoms with van der Waals surface area (Å²) in [5.74, 6) is -1.06. The fraction of sp³-hybridized carbons (Fsp3) is 0.417. The molecular weight excluding hydrogens is 446 g/mol. The Morgan fingerprint density at radius 1 is 1.20 bits per heavy atom. The molecule has 0 radical (unpaired) electrons. The average Bonchev–Trinajstić information content (AvgIpc) is 3.16. The Hall–Kier alpha value is -2.18. The molecule has 0 amide bonds. The molecule has 5 nitrogen and oxygen atoms in total. The van der Waals surface area contributed by atoms with Crippen molar-refractivity contribution in [3.05, 3.63) is 69.7 Å². The van der Waals surface area contributed by atoms with Crippen LogP contribution in [0, 0.1) is 6.92 Å². The maximum absolute atomic E-state index is 12.4. The molecular formula is C24H28BrNO4. The van der Waals surface area contributed by atoms with Crippen molar-refractivity contribution in [1.29, 1.82) is 0 Å². The number of carbonyl (C=O) groups is 1.